The van der Waals surface area contributed by atoms with Crippen LogP contribution in [0.25, 0.3) is 34.4 Å². The van der Waals surface area contributed by atoms with Crippen LogP contribution >= 0.6 is 0 Å². The molecule has 0 heterocycles. The fourth-order valence-electron chi connectivity index (χ4n) is 11.8. The molecule has 0 aliphatic heterocycles. The normalized spacial score (nSPS) is 19.6. The van der Waals surface area contributed by atoms with Crippen LogP contribution in [-0.2, 0) is 35.8 Å². The Hall–Kier alpha value is -2.55. The van der Waals surface area contributed by atoms with E-state index in [1.165, 1.54) is 66.8 Å². The number of hydrogen-bond donors (Lipinski definition) is 0. The summed E-state index contributed by atoms with van der Waals surface area (Å²) < 4.78 is 6.38. The zero-order chi connectivity index (χ0) is 43.8. The summed E-state index contributed by atoms with van der Waals surface area (Å²) in [7, 11) is 0. The van der Waals surface area contributed by atoms with Gasteiger partial charge in [0, 0.05) is 0 Å². The van der Waals surface area contributed by atoms with Gasteiger partial charge in [-0.2, -0.15) is 0 Å². The third-order valence-electron chi connectivity index (χ3n) is 19.0. The van der Waals surface area contributed by atoms with Crippen molar-refractivity contribution in [1.82, 2.24) is 0 Å². The van der Waals surface area contributed by atoms with E-state index >= 15 is 0 Å². The zero-order valence-electron chi connectivity index (χ0n) is 40.6. The van der Waals surface area contributed by atoms with Crippen LogP contribution in [-0.4, -0.2) is 6.94 Å². The van der Waals surface area contributed by atoms with E-state index in [1.807, 2.05) is 0 Å². The molecule has 0 saturated heterocycles. The fraction of sp³-hybridized carbons (Fsp3) is 0.500. The first kappa shape index (κ1) is 45.0. The Morgan fingerprint density at radius 2 is 0.690 bits per heavy atom. The van der Waals surface area contributed by atoms with Crippen molar-refractivity contribution in [3.05, 3.63) is 129 Å². The molecule has 0 aromatic heterocycles. The molecule has 0 nitrogen and oxygen atoms in total. The van der Waals surface area contributed by atoms with Crippen molar-refractivity contribution >= 4 is 19.1 Å². The zero-order valence-corrected chi connectivity index (χ0v) is 45.6. The van der Waals surface area contributed by atoms with Crippen molar-refractivity contribution in [2.45, 2.75) is 169 Å². The quantitative estimate of drug-likeness (QED) is 0.179. The van der Waals surface area contributed by atoms with Crippen molar-refractivity contribution in [3.63, 3.8) is 0 Å². The Morgan fingerprint density at radius 3 is 0.931 bits per heavy atom. The number of fused-ring (bicyclic) bond motifs is 2. The molecular weight excluding hydrogens is 879 g/mol. The van der Waals surface area contributed by atoms with Gasteiger partial charge in [0.2, 0.25) is 0 Å². The average Bonchev–Trinajstić information content (AvgIpc) is 3.72. The van der Waals surface area contributed by atoms with E-state index in [1.54, 1.807) is 0 Å². The molecular formula is C56H80HfSi. The summed E-state index contributed by atoms with van der Waals surface area (Å²) in [6.45, 7) is 46.6. The standard InChI is InChI=1S/2C23H27.2C4H9.2CH3.Hf.H2Si/c2*1-22(2,3)18-13-17(14-19(15-18)23(4,5)6)21-12-8-10-16-9-7-11-20(16)21;2*1-4(2)3;;;;/h2*7-15H,1-6H3;2*1-3H3;2*1H3;;1H2. The predicted molar refractivity (Wildman–Crippen MR) is 262 cm³/mol. The Balaban J connectivity index is 1.68. The SMILES string of the molecule is CC(C)(C)c1cc(-c2cccc3c2C=C[CH]3[Hf]([CH3])([CH3])(=[SiH2])([CH]2C=Cc3c(-c4cc(C(C)(C)C)cc(C(C)(C)C)c4)cccc32)([C](C)(C)C)[C](C)(C)C)cc(C(C)(C)C)c1. The topological polar surface area (TPSA) is 0 Å². The summed E-state index contributed by atoms with van der Waals surface area (Å²) in [4.78, 5) is 0. The molecule has 2 aliphatic carbocycles. The van der Waals surface area contributed by atoms with E-state index < -0.39 is 14.2 Å². The maximum atomic E-state index is 2.92. The van der Waals surface area contributed by atoms with Crippen LogP contribution in [0, 0.1) is 0 Å². The van der Waals surface area contributed by atoms with Gasteiger partial charge in [0.05, 0.1) is 0 Å². The number of rotatable bonds is 4. The van der Waals surface area contributed by atoms with Gasteiger partial charge in [-0.25, -0.2) is 0 Å². The van der Waals surface area contributed by atoms with Crippen molar-refractivity contribution in [2.24, 2.45) is 0 Å². The van der Waals surface area contributed by atoms with E-state index in [9.17, 15) is 0 Å². The molecule has 0 saturated carbocycles. The molecule has 0 spiro atoms. The van der Waals surface area contributed by atoms with E-state index in [-0.39, 0.29) is 35.4 Å². The minimum absolute atomic E-state index is 0.0168. The van der Waals surface area contributed by atoms with E-state index in [0.29, 0.717) is 0 Å². The monoisotopic (exact) mass is 961 g/mol. The Kier molecular flexibility index (Phi) is 9.54. The van der Waals surface area contributed by atoms with Gasteiger partial charge in [-0.1, -0.05) is 0 Å². The first-order valence-corrected chi connectivity index (χ1v) is 45.6. The van der Waals surface area contributed by atoms with E-state index in [2.05, 4.69) is 238 Å². The van der Waals surface area contributed by atoms with Gasteiger partial charge in [-0.3, -0.25) is 0 Å². The molecule has 4 aromatic rings. The molecule has 6 rings (SSSR count). The molecule has 0 bridgehead atoms. The Morgan fingerprint density at radius 1 is 0.414 bits per heavy atom. The van der Waals surface area contributed by atoms with Gasteiger partial charge in [-0.15, -0.1) is 0 Å². The molecule has 4 aromatic carbocycles. The summed E-state index contributed by atoms with van der Waals surface area (Å²) in [5, 5.41) is 0. The molecule has 0 fully saturated rings. The van der Waals surface area contributed by atoms with Crippen LogP contribution in [0.5, 0.6) is 0 Å². The summed E-state index contributed by atoms with van der Waals surface area (Å²) >= 11 is -5.74. The maximum absolute atomic E-state index is 5.74. The van der Waals surface area contributed by atoms with Crippen LogP contribution in [0.1, 0.15) is 176 Å². The first-order valence-electron chi connectivity index (χ1n) is 22.4. The molecule has 312 valence electrons. The third-order valence-corrected chi connectivity index (χ3v) is 113. The summed E-state index contributed by atoms with van der Waals surface area (Å²) in [6, 6.07) is 29.4. The third kappa shape index (κ3) is 5.78. The Bertz CT molecular complexity index is 2290. The second kappa shape index (κ2) is 12.3. The van der Waals surface area contributed by atoms with Crippen LogP contribution in [0.4, 0.5) is 0 Å². The van der Waals surface area contributed by atoms with Crippen LogP contribution in [0.15, 0.2) is 84.9 Å². The van der Waals surface area contributed by atoms with Crippen LogP contribution < -0.4 is 0 Å². The minimum atomic E-state index is -5.74. The van der Waals surface area contributed by atoms with Gasteiger partial charge in [0.1, 0.15) is 0 Å². The Labute approximate surface area is 351 Å². The van der Waals surface area contributed by atoms with Crippen LogP contribution in [0.3, 0.4) is 0 Å². The summed E-state index contributed by atoms with van der Waals surface area (Å²) in [5.41, 5.74) is 17.1. The molecule has 2 heteroatoms. The molecule has 2 atom stereocenters. The number of hydrogen-bond acceptors (Lipinski definition) is 0. The molecule has 0 radical (unpaired) electrons. The second-order valence-electron chi connectivity index (χ2n) is 27.4. The van der Waals surface area contributed by atoms with Gasteiger partial charge >= 0.3 is 354 Å². The summed E-state index contributed by atoms with van der Waals surface area (Å²) in [5.74, 6) is 0. The summed E-state index contributed by atoms with van der Waals surface area (Å²) in [6.07, 6.45) is 10.5. The van der Waals surface area contributed by atoms with E-state index in [4.69, 9.17) is 0 Å². The van der Waals surface area contributed by atoms with Crippen molar-refractivity contribution in [3.8, 4) is 22.3 Å². The predicted octanol–water partition coefficient (Wildman–Crippen LogP) is 16.9. The molecule has 0 N–H and O–H groups in total. The van der Waals surface area contributed by atoms with E-state index in [0.717, 1.165) is 0 Å². The van der Waals surface area contributed by atoms with Crippen LogP contribution in [0.2, 0.25) is 15.7 Å². The van der Waals surface area contributed by atoms with Gasteiger partial charge < -0.3 is 0 Å². The second-order valence-corrected chi connectivity index (χ2v) is 103. The van der Waals surface area contributed by atoms with Gasteiger partial charge in [0.25, 0.3) is 0 Å². The van der Waals surface area contributed by atoms with Crippen molar-refractivity contribution in [2.75, 3.05) is 0 Å². The van der Waals surface area contributed by atoms with Gasteiger partial charge in [0.15, 0.2) is 0 Å². The molecule has 58 heavy (non-hydrogen) atoms. The molecule has 2 aliphatic rings. The van der Waals surface area contributed by atoms with Gasteiger partial charge in [-0.05, 0) is 0 Å². The van der Waals surface area contributed by atoms with Crippen molar-refractivity contribution in [1.29, 1.82) is 0 Å². The number of benzene rings is 4. The number of allylic oxidation sites excluding steroid dienone is 2. The molecule has 0 amide bonds. The first-order chi connectivity index (χ1) is 25.9. The molecule has 2 unspecified atom stereocenters. The fourth-order valence-corrected chi connectivity index (χ4v) is 58.5. The van der Waals surface area contributed by atoms with Crippen molar-refractivity contribution < 1.29 is 14.2 Å². The average molecular weight is 960 g/mol.